The van der Waals surface area contributed by atoms with E-state index in [0.717, 1.165) is 51.2 Å². The Hall–Kier alpha value is -1.63. The van der Waals surface area contributed by atoms with Gasteiger partial charge in [0.25, 0.3) is 0 Å². The van der Waals surface area contributed by atoms with Gasteiger partial charge in [-0.25, -0.2) is 0 Å². The van der Waals surface area contributed by atoms with Gasteiger partial charge in [-0.15, -0.1) is 0 Å². The van der Waals surface area contributed by atoms with Crippen LogP contribution in [0.5, 0.6) is 6.01 Å². The van der Waals surface area contributed by atoms with Crippen LogP contribution < -0.4 is 14.5 Å². The molecular formula is C17H30N6O. The van der Waals surface area contributed by atoms with E-state index in [1.54, 1.807) is 7.11 Å². The molecule has 0 aliphatic carbocycles. The number of anilines is 2. The fraction of sp³-hybridized carbons (Fsp3) is 0.824. The van der Waals surface area contributed by atoms with E-state index in [0.29, 0.717) is 12.1 Å². The summed E-state index contributed by atoms with van der Waals surface area (Å²) >= 11 is 0. The topological polar surface area (TPSA) is 57.6 Å². The summed E-state index contributed by atoms with van der Waals surface area (Å²) in [5.41, 5.74) is 0. The third-order valence-corrected chi connectivity index (χ3v) is 4.99. The summed E-state index contributed by atoms with van der Waals surface area (Å²) in [7, 11) is 1.63. The lowest BCUT2D eigenvalue weighted by atomic mass is 10.2. The van der Waals surface area contributed by atoms with E-state index in [1.807, 2.05) is 0 Å². The van der Waals surface area contributed by atoms with E-state index in [1.165, 1.54) is 25.7 Å². The molecular weight excluding hydrogens is 304 g/mol. The molecule has 2 aliphatic rings. The predicted octanol–water partition coefficient (Wildman–Crippen LogP) is 1.79. The molecule has 7 heteroatoms. The molecule has 0 bridgehead atoms. The van der Waals surface area contributed by atoms with Crippen molar-refractivity contribution in [2.45, 2.75) is 45.6 Å². The molecule has 0 N–H and O–H groups in total. The van der Waals surface area contributed by atoms with Crippen LogP contribution in [0, 0.1) is 0 Å². The number of hydrogen-bond acceptors (Lipinski definition) is 7. The van der Waals surface area contributed by atoms with Gasteiger partial charge < -0.3 is 14.5 Å². The van der Waals surface area contributed by atoms with Crippen LogP contribution >= 0.6 is 0 Å². The zero-order chi connectivity index (χ0) is 16.9. The molecule has 0 spiro atoms. The van der Waals surface area contributed by atoms with E-state index in [2.05, 4.69) is 38.5 Å². The van der Waals surface area contributed by atoms with Gasteiger partial charge in [-0.2, -0.15) is 15.0 Å². The van der Waals surface area contributed by atoms with Crippen LogP contribution in [0.25, 0.3) is 0 Å². The van der Waals surface area contributed by atoms with E-state index in [-0.39, 0.29) is 0 Å². The summed E-state index contributed by atoms with van der Waals surface area (Å²) in [6.07, 6.45) is 5.00. The van der Waals surface area contributed by atoms with E-state index in [9.17, 15) is 0 Å². The van der Waals surface area contributed by atoms with E-state index in [4.69, 9.17) is 9.72 Å². The molecule has 0 radical (unpaired) electrons. The molecule has 24 heavy (non-hydrogen) atoms. The Morgan fingerprint density at radius 2 is 1.29 bits per heavy atom. The molecule has 1 aromatic heterocycles. The normalized spacial score (nSPS) is 20.3. The first-order valence-corrected chi connectivity index (χ1v) is 9.21. The zero-order valence-corrected chi connectivity index (χ0v) is 15.2. The van der Waals surface area contributed by atoms with Crippen molar-refractivity contribution < 1.29 is 4.74 Å². The summed E-state index contributed by atoms with van der Waals surface area (Å²) in [6.45, 7) is 10.5. The first kappa shape index (κ1) is 17.2. The van der Waals surface area contributed by atoms with Crippen molar-refractivity contribution in [2.75, 3.05) is 56.2 Å². The summed E-state index contributed by atoms with van der Waals surface area (Å²) in [5, 5.41) is 0. The predicted molar refractivity (Wildman–Crippen MR) is 96.0 cm³/mol. The lowest BCUT2D eigenvalue weighted by Gasteiger charge is -2.37. The van der Waals surface area contributed by atoms with Gasteiger partial charge in [0, 0.05) is 45.3 Å². The van der Waals surface area contributed by atoms with Crippen LogP contribution in [0.3, 0.4) is 0 Å². The van der Waals surface area contributed by atoms with Gasteiger partial charge >= 0.3 is 6.01 Å². The second-order valence-electron chi connectivity index (χ2n) is 6.94. The van der Waals surface area contributed by atoms with Crippen LogP contribution in [0.15, 0.2) is 0 Å². The van der Waals surface area contributed by atoms with Crippen molar-refractivity contribution in [3.05, 3.63) is 0 Å². The minimum absolute atomic E-state index is 0.422. The van der Waals surface area contributed by atoms with Gasteiger partial charge in [-0.1, -0.05) is 12.8 Å². The van der Waals surface area contributed by atoms with Crippen LogP contribution in [-0.4, -0.2) is 72.3 Å². The highest BCUT2D eigenvalue weighted by molar-refractivity contribution is 5.41. The van der Waals surface area contributed by atoms with Gasteiger partial charge in [0.05, 0.1) is 7.11 Å². The lowest BCUT2D eigenvalue weighted by Crippen LogP contribution is -2.49. The van der Waals surface area contributed by atoms with Gasteiger partial charge in [0.15, 0.2) is 0 Å². The van der Waals surface area contributed by atoms with Gasteiger partial charge in [-0.3, -0.25) is 4.90 Å². The second-order valence-corrected chi connectivity index (χ2v) is 6.94. The Balaban J connectivity index is 1.76. The number of piperazine rings is 1. The average Bonchev–Trinajstić information content (AvgIpc) is 2.91. The molecule has 3 heterocycles. The van der Waals surface area contributed by atoms with Crippen molar-refractivity contribution in [3.8, 4) is 6.01 Å². The highest BCUT2D eigenvalue weighted by atomic mass is 16.5. The van der Waals surface area contributed by atoms with E-state index >= 15 is 0 Å². The summed E-state index contributed by atoms with van der Waals surface area (Å²) in [4.78, 5) is 20.8. The molecule has 0 atom stereocenters. The van der Waals surface area contributed by atoms with Crippen molar-refractivity contribution in [1.82, 2.24) is 19.9 Å². The molecule has 2 saturated heterocycles. The fourth-order valence-corrected chi connectivity index (χ4v) is 3.42. The van der Waals surface area contributed by atoms with Crippen LogP contribution in [0.4, 0.5) is 11.9 Å². The number of hydrogen-bond donors (Lipinski definition) is 0. The van der Waals surface area contributed by atoms with Crippen molar-refractivity contribution in [3.63, 3.8) is 0 Å². The third kappa shape index (κ3) is 4.06. The quantitative estimate of drug-likeness (QED) is 0.832. The van der Waals surface area contributed by atoms with Crippen molar-refractivity contribution >= 4 is 11.9 Å². The Kier molecular flexibility index (Phi) is 5.71. The first-order valence-electron chi connectivity index (χ1n) is 9.21. The summed E-state index contributed by atoms with van der Waals surface area (Å²) in [6, 6.07) is 1.01. The molecule has 2 aliphatic heterocycles. The molecule has 0 saturated carbocycles. The lowest BCUT2D eigenvalue weighted by molar-refractivity contribution is 0.208. The largest absolute Gasteiger partial charge is 0.467 e. The van der Waals surface area contributed by atoms with Gasteiger partial charge in [0.1, 0.15) is 0 Å². The van der Waals surface area contributed by atoms with E-state index < -0.39 is 0 Å². The minimum atomic E-state index is 0.422. The number of methoxy groups -OCH3 is 1. The fourth-order valence-electron chi connectivity index (χ4n) is 3.42. The molecule has 134 valence electrons. The standard InChI is InChI=1S/C17H30N6O/c1-14(2)21-10-12-23(13-11-21)16-18-15(19-17(20-16)24-3)22-8-6-4-5-7-9-22/h14H,4-13H2,1-3H3. The van der Waals surface area contributed by atoms with Crippen LogP contribution in [0.1, 0.15) is 39.5 Å². The minimum Gasteiger partial charge on any atom is -0.467 e. The molecule has 0 unspecified atom stereocenters. The summed E-state index contributed by atoms with van der Waals surface area (Å²) in [5.74, 6) is 1.52. The second kappa shape index (κ2) is 7.96. The van der Waals surface area contributed by atoms with Crippen molar-refractivity contribution in [2.24, 2.45) is 0 Å². The molecule has 3 rings (SSSR count). The Labute approximate surface area is 145 Å². The first-order chi connectivity index (χ1) is 11.7. The SMILES string of the molecule is COc1nc(N2CCCCCC2)nc(N2CCN(C(C)C)CC2)n1. The number of ether oxygens (including phenoxy) is 1. The maximum absolute atomic E-state index is 5.34. The molecule has 0 aromatic carbocycles. The number of aromatic nitrogens is 3. The van der Waals surface area contributed by atoms with Gasteiger partial charge in [-0.05, 0) is 26.7 Å². The monoisotopic (exact) mass is 334 g/mol. The van der Waals surface area contributed by atoms with Crippen molar-refractivity contribution in [1.29, 1.82) is 0 Å². The average molecular weight is 334 g/mol. The maximum atomic E-state index is 5.34. The maximum Gasteiger partial charge on any atom is 0.322 e. The van der Waals surface area contributed by atoms with Crippen LogP contribution in [0.2, 0.25) is 0 Å². The Bertz CT molecular complexity index is 522. The molecule has 7 nitrogen and oxygen atoms in total. The zero-order valence-electron chi connectivity index (χ0n) is 15.2. The smallest absolute Gasteiger partial charge is 0.322 e. The third-order valence-electron chi connectivity index (χ3n) is 4.99. The highest BCUT2D eigenvalue weighted by Gasteiger charge is 2.23. The molecule has 1 aromatic rings. The highest BCUT2D eigenvalue weighted by Crippen LogP contribution is 2.21. The number of nitrogens with zero attached hydrogens (tertiary/aromatic N) is 6. The summed E-state index contributed by atoms with van der Waals surface area (Å²) < 4.78 is 5.34. The molecule has 2 fully saturated rings. The Morgan fingerprint density at radius 1 is 0.750 bits per heavy atom. The Morgan fingerprint density at radius 3 is 1.79 bits per heavy atom. The molecule has 0 amide bonds. The van der Waals surface area contributed by atoms with Gasteiger partial charge in [0.2, 0.25) is 11.9 Å². The van der Waals surface area contributed by atoms with Crippen LogP contribution in [-0.2, 0) is 0 Å². The number of rotatable bonds is 4.